The lowest BCUT2D eigenvalue weighted by molar-refractivity contribution is -0.870. The summed E-state index contributed by atoms with van der Waals surface area (Å²) in [5, 5.41) is 77.1. The van der Waals surface area contributed by atoms with Gasteiger partial charge in [0, 0.05) is 12.1 Å². The van der Waals surface area contributed by atoms with Gasteiger partial charge in [-0.3, -0.25) is 7.32 Å². The van der Waals surface area contributed by atoms with Crippen LogP contribution in [0.2, 0.25) is 0 Å². The first kappa shape index (κ1) is 92.9. The third-order valence-corrected chi connectivity index (χ3v) is 16.3. The number of phenolic OH excluding ortho intramolecular Hbond substituents is 4. The van der Waals surface area contributed by atoms with Crippen LogP contribution in [0.3, 0.4) is 0 Å². The molecule has 4 N–H and O–H groups in total. The molecule has 0 heterocycles. The minimum atomic E-state index is -2.92. The number of aromatic hydroxyl groups is 4. The monoisotopic (exact) mass is 1270 g/mol. The zero-order valence-corrected chi connectivity index (χ0v) is 61.4. The lowest BCUT2D eigenvalue weighted by Gasteiger charge is -2.35. The molecule has 526 valence electrons. The summed E-state index contributed by atoms with van der Waals surface area (Å²) >= 11 is 0. The first-order valence-corrected chi connectivity index (χ1v) is 37.1. The molecule has 0 spiro atoms. The lowest BCUT2D eigenvalue weighted by atomic mass is 10.0. The van der Waals surface area contributed by atoms with E-state index in [1.165, 1.54) is 364 Å². The Hall–Kier alpha value is -3.56. The van der Waals surface area contributed by atoms with Crippen molar-refractivity contribution in [2.24, 2.45) is 0 Å². The Kier molecular flexibility index (Phi) is 70.5. The summed E-state index contributed by atoms with van der Waals surface area (Å²) in [6, 6.07) is 11.4. The SMILES string of the molecule is CCCCCCCCCCCCCCCCCC[N+](C)(C)C.CCCCCCCCCCCCCCCCCC[N+](C)(C)C.CCCCCCCCCCCCCCCCCC[N+](C)(C)C.N#Cc1ccc(O)c(O)c1.N#Cc1ccc(O)c(O)c1.[O-]B([O-])[O-]. The molecule has 0 bridgehead atoms. The fourth-order valence-corrected chi connectivity index (χ4v) is 10.6. The summed E-state index contributed by atoms with van der Waals surface area (Å²) in [5.41, 5.74) is 0.658. The molecule has 2 aromatic rings. The average molecular weight is 1270 g/mol. The van der Waals surface area contributed by atoms with Gasteiger partial charge in [-0.15, -0.1) is 0 Å². The molecule has 0 radical (unpaired) electrons. The summed E-state index contributed by atoms with van der Waals surface area (Å²) in [5.74, 6) is -0.948. The number of hydrogen-bond donors (Lipinski definition) is 4. The second-order valence-electron chi connectivity index (χ2n) is 28.9. The van der Waals surface area contributed by atoms with Crippen LogP contribution >= 0.6 is 0 Å². The van der Waals surface area contributed by atoms with E-state index >= 15 is 0 Å². The van der Waals surface area contributed by atoms with Gasteiger partial charge < -0.3 is 48.9 Å². The van der Waals surface area contributed by atoms with Crippen molar-refractivity contribution in [2.45, 2.75) is 329 Å². The predicted molar refractivity (Wildman–Crippen MR) is 382 cm³/mol. The normalized spacial score (nSPS) is 11.0. The first-order chi connectivity index (χ1) is 42.9. The maximum Gasteiger partial charge on any atom is 0.158 e. The van der Waals surface area contributed by atoms with Crippen LogP contribution < -0.4 is 15.1 Å². The molecule has 12 nitrogen and oxygen atoms in total. The van der Waals surface area contributed by atoms with E-state index in [4.69, 9.17) is 46.0 Å². The van der Waals surface area contributed by atoms with Crippen molar-refractivity contribution in [2.75, 3.05) is 83.1 Å². The molecule has 0 aromatic heterocycles. The minimum Gasteiger partial charge on any atom is -0.907 e. The molecule has 0 aliphatic heterocycles. The molecule has 0 fully saturated rings. The van der Waals surface area contributed by atoms with E-state index in [1.807, 2.05) is 12.1 Å². The fourth-order valence-electron chi connectivity index (χ4n) is 10.6. The van der Waals surface area contributed by atoms with Crippen molar-refractivity contribution in [3.63, 3.8) is 0 Å². The van der Waals surface area contributed by atoms with Gasteiger partial charge in [0.1, 0.15) is 0 Å². The molecular weight excluding hydrogens is 1120 g/mol. The van der Waals surface area contributed by atoms with E-state index in [2.05, 4.69) is 84.2 Å². The summed E-state index contributed by atoms with van der Waals surface area (Å²) in [4.78, 5) is 0. The molecule has 90 heavy (non-hydrogen) atoms. The zero-order chi connectivity index (χ0) is 68.3. The third-order valence-electron chi connectivity index (χ3n) is 16.3. The number of hydrogen-bond acceptors (Lipinski definition) is 9. The molecule has 0 unspecified atom stereocenters. The van der Waals surface area contributed by atoms with E-state index in [9.17, 15) is 0 Å². The van der Waals surface area contributed by atoms with Gasteiger partial charge in [-0.1, -0.05) is 290 Å². The molecule has 0 saturated carbocycles. The average Bonchev–Trinajstić information content (AvgIpc) is 2.03. The Morgan fingerprint density at radius 1 is 0.278 bits per heavy atom. The Labute approximate surface area is 558 Å². The quantitative estimate of drug-likeness (QED) is 0.0215. The zero-order valence-electron chi connectivity index (χ0n) is 61.4. The highest BCUT2D eigenvalue weighted by Crippen LogP contribution is 2.25. The second kappa shape index (κ2) is 68.3. The first-order valence-electron chi connectivity index (χ1n) is 37.1. The highest BCUT2D eigenvalue weighted by molar-refractivity contribution is 6.24. The van der Waals surface area contributed by atoms with Gasteiger partial charge in [-0.2, -0.15) is 10.5 Å². The van der Waals surface area contributed by atoms with Crippen LogP contribution in [-0.2, 0) is 0 Å². The Balaban J connectivity index is -0.000000521. The molecular formula is C77H148BN5O7. The standard InChI is InChI=1S/3C21H46N.2C7H5NO2.BO3/c3*1-5-6-7-8-9-10-11-12-13-14-15-16-17-18-19-20-21-22(2,3)4;2*8-4-5-1-2-6(9)7(10)3-5;2-1(3)4/h3*5-21H2,1-4H3;2*1-3,9-10H;/q3*+1;;;-3. The number of nitriles is 2. The summed E-state index contributed by atoms with van der Waals surface area (Å²) in [7, 11) is 17.8. The summed E-state index contributed by atoms with van der Waals surface area (Å²) in [6.07, 6.45) is 70.1. The molecule has 0 atom stereocenters. The Morgan fingerprint density at radius 2 is 0.422 bits per heavy atom. The Bertz CT molecular complexity index is 1700. The van der Waals surface area contributed by atoms with Crippen molar-refractivity contribution in [1.29, 1.82) is 10.5 Å². The highest BCUT2D eigenvalue weighted by atomic mass is 16.5. The van der Waals surface area contributed by atoms with Gasteiger partial charge in [-0.25, -0.2) is 0 Å². The van der Waals surface area contributed by atoms with Crippen LogP contribution in [0.25, 0.3) is 0 Å². The summed E-state index contributed by atoms with van der Waals surface area (Å²) < 4.78 is 3.37. The molecule has 2 aromatic carbocycles. The van der Waals surface area contributed by atoms with Gasteiger partial charge in [0.2, 0.25) is 0 Å². The van der Waals surface area contributed by atoms with E-state index < -0.39 is 7.32 Å². The minimum absolute atomic E-state index is 0.209. The summed E-state index contributed by atoms with van der Waals surface area (Å²) in [6.45, 7) is 10.9. The van der Waals surface area contributed by atoms with Gasteiger partial charge in [-0.05, 0) is 62.8 Å². The Morgan fingerprint density at radius 3 is 0.544 bits per heavy atom. The molecule has 0 amide bonds. The number of rotatable bonds is 51. The lowest BCUT2D eigenvalue weighted by Crippen LogP contribution is -2.56. The highest BCUT2D eigenvalue weighted by Gasteiger charge is 2.08. The van der Waals surface area contributed by atoms with Crippen molar-refractivity contribution < 1.29 is 48.9 Å². The van der Waals surface area contributed by atoms with E-state index in [0.29, 0.717) is 11.1 Å². The van der Waals surface area contributed by atoms with Gasteiger partial charge in [0.15, 0.2) is 23.0 Å². The van der Waals surface area contributed by atoms with E-state index in [0.717, 1.165) is 13.4 Å². The van der Waals surface area contributed by atoms with Gasteiger partial charge in [0.25, 0.3) is 0 Å². The molecule has 0 aliphatic carbocycles. The molecule has 13 heteroatoms. The van der Waals surface area contributed by atoms with E-state index in [1.54, 1.807) is 0 Å². The predicted octanol–water partition coefficient (Wildman–Crippen LogP) is 18.9. The van der Waals surface area contributed by atoms with Gasteiger partial charge in [0.05, 0.1) is 106 Å². The number of unbranched alkanes of at least 4 members (excludes halogenated alkanes) is 45. The van der Waals surface area contributed by atoms with Crippen molar-refractivity contribution >= 4 is 7.32 Å². The number of benzene rings is 2. The largest absolute Gasteiger partial charge is 0.907 e. The molecule has 2 rings (SSSR count). The smallest absolute Gasteiger partial charge is 0.158 e. The number of nitrogens with zero attached hydrogens (tertiary/aromatic N) is 5. The van der Waals surface area contributed by atoms with Crippen molar-refractivity contribution in [3.8, 4) is 35.1 Å². The van der Waals surface area contributed by atoms with Crippen LogP contribution in [0.1, 0.15) is 340 Å². The van der Waals surface area contributed by atoms with Crippen LogP contribution in [-0.4, -0.2) is 124 Å². The number of quaternary nitrogens is 3. The van der Waals surface area contributed by atoms with Crippen molar-refractivity contribution in [1.82, 2.24) is 0 Å². The maximum atomic E-state index is 8.83. The van der Waals surface area contributed by atoms with Crippen LogP contribution in [0.15, 0.2) is 36.4 Å². The second-order valence-corrected chi connectivity index (χ2v) is 28.9. The fraction of sp³-hybridized carbons (Fsp3) is 0.818. The third kappa shape index (κ3) is 84.4. The van der Waals surface area contributed by atoms with Gasteiger partial charge >= 0.3 is 0 Å². The van der Waals surface area contributed by atoms with Crippen LogP contribution in [0.5, 0.6) is 23.0 Å². The number of phenols is 4. The maximum absolute atomic E-state index is 8.83. The van der Waals surface area contributed by atoms with E-state index in [-0.39, 0.29) is 23.0 Å². The van der Waals surface area contributed by atoms with Crippen molar-refractivity contribution in [3.05, 3.63) is 47.5 Å². The molecule has 0 saturated heterocycles. The topological polar surface area (TPSA) is 198 Å². The molecule has 0 aliphatic rings. The van der Waals surface area contributed by atoms with Crippen LogP contribution in [0.4, 0.5) is 0 Å². The van der Waals surface area contributed by atoms with Crippen LogP contribution in [0, 0.1) is 22.7 Å².